The van der Waals surface area contributed by atoms with E-state index in [0.29, 0.717) is 0 Å². The SMILES string of the molecule is COC/C(F)=C\C=C/C=N. The van der Waals surface area contributed by atoms with Crippen molar-refractivity contribution in [1.29, 1.82) is 5.41 Å². The Bertz CT molecular complexity index is 152. The molecule has 0 spiro atoms. The number of hydrogen-bond acceptors (Lipinski definition) is 2. The van der Waals surface area contributed by atoms with Crippen LogP contribution in [0.4, 0.5) is 4.39 Å². The molecule has 0 aliphatic heterocycles. The minimum atomic E-state index is -0.347. The molecule has 0 aromatic rings. The summed E-state index contributed by atoms with van der Waals surface area (Å²) in [6.45, 7) is -0.0116. The van der Waals surface area contributed by atoms with Crippen molar-refractivity contribution in [2.75, 3.05) is 13.7 Å². The summed E-state index contributed by atoms with van der Waals surface area (Å²) in [5.41, 5.74) is 0. The molecular weight excluding hydrogens is 133 g/mol. The summed E-state index contributed by atoms with van der Waals surface area (Å²) in [7, 11) is 1.42. The van der Waals surface area contributed by atoms with Crippen molar-refractivity contribution in [3.63, 3.8) is 0 Å². The van der Waals surface area contributed by atoms with Crippen LogP contribution in [0.5, 0.6) is 0 Å². The van der Waals surface area contributed by atoms with Crippen molar-refractivity contribution in [3.8, 4) is 0 Å². The van der Waals surface area contributed by atoms with E-state index < -0.39 is 0 Å². The van der Waals surface area contributed by atoms with E-state index in [0.717, 1.165) is 6.21 Å². The van der Waals surface area contributed by atoms with Crippen LogP contribution in [0.1, 0.15) is 0 Å². The Morgan fingerprint density at radius 1 is 1.60 bits per heavy atom. The van der Waals surface area contributed by atoms with E-state index in [9.17, 15) is 4.39 Å². The lowest BCUT2D eigenvalue weighted by atomic mass is 10.4. The van der Waals surface area contributed by atoms with Crippen LogP contribution < -0.4 is 0 Å². The summed E-state index contributed by atoms with van der Waals surface area (Å²) in [6, 6.07) is 0. The fraction of sp³-hybridized carbons (Fsp3) is 0.286. The topological polar surface area (TPSA) is 33.1 Å². The molecule has 56 valence electrons. The van der Waals surface area contributed by atoms with Gasteiger partial charge in [-0.15, -0.1) is 0 Å². The number of nitrogens with one attached hydrogen (secondary N) is 1. The van der Waals surface area contributed by atoms with Crippen molar-refractivity contribution in [2.45, 2.75) is 0 Å². The molecule has 0 aliphatic carbocycles. The van der Waals surface area contributed by atoms with Gasteiger partial charge in [0.2, 0.25) is 0 Å². The minimum absolute atomic E-state index is 0.0116. The Balaban J connectivity index is 3.67. The molecule has 0 aliphatic rings. The van der Waals surface area contributed by atoms with Crippen molar-refractivity contribution in [3.05, 3.63) is 24.1 Å². The van der Waals surface area contributed by atoms with Gasteiger partial charge in [-0.25, -0.2) is 4.39 Å². The first-order chi connectivity index (χ1) is 4.81. The normalized spacial score (nSPS) is 12.4. The van der Waals surface area contributed by atoms with E-state index in [-0.39, 0.29) is 12.4 Å². The van der Waals surface area contributed by atoms with Gasteiger partial charge >= 0.3 is 0 Å². The quantitative estimate of drug-likeness (QED) is 0.471. The van der Waals surface area contributed by atoms with Gasteiger partial charge < -0.3 is 10.1 Å². The summed E-state index contributed by atoms with van der Waals surface area (Å²) in [5.74, 6) is -0.347. The second kappa shape index (κ2) is 6.16. The molecule has 1 N–H and O–H groups in total. The number of ether oxygens (including phenoxy) is 1. The maximum Gasteiger partial charge on any atom is 0.126 e. The molecule has 0 unspecified atom stereocenters. The zero-order valence-electron chi connectivity index (χ0n) is 5.80. The van der Waals surface area contributed by atoms with E-state index in [2.05, 4.69) is 4.74 Å². The van der Waals surface area contributed by atoms with Crippen LogP contribution in [-0.2, 0) is 4.74 Å². The molecule has 0 rings (SSSR count). The number of methoxy groups -OCH3 is 1. The van der Waals surface area contributed by atoms with Crippen LogP contribution in [0.15, 0.2) is 24.1 Å². The van der Waals surface area contributed by atoms with E-state index in [1.54, 1.807) is 0 Å². The zero-order valence-corrected chi connectivity index (χ0v) is 5.80. The highest BCUT2D eigenvalue weighted by Gasteiger charge is 1.87. The van der Waals surface area contributed by atoms with Crippen LogP contribution in [0.3, 0.4) is 0 Å². The molecule has 0 aromatic heterocycles. The first-order valence-electron chi connectivity index (χ1n) is 2.82. The van der Waals surface area contributed by atoms with E-state index >= 15 is 0 Å². The van der Waals surface area contributed by atoms with Gasteiger partial charge in [0, 0.05) is 13.3 Å². The molecule has 0 bridgehead atoms. The number of rotatable bonds is 4. The number of allylic oxidation sites excluding steroid dienone is 3. The third-order valence-electron chi connectivity index (χ3n) is 0.767. The number of halogens is 1. The summed E-state index contributed by atoms with van der Waals surface area (Å²) >= 11 is 0. The molecule has 0 aromatic carbocycles. The van der Waals surface area contributed by atoms with Gasteiger partial charge in [0.1, 0.15) is 5.83 Å². The summed E-state index contributed by atoms with van der Waals surface area (Å²) in [5, 5.41) is 6.55. The Hall–Kier alpha value is -0.960. The lowest BCUT2D eigenvalue weighted by Gasteiger charge is -1.90. The average molecular weight is 143 g/mol. The predicted octanol–water partition coefficient (Wildman–Crippen LogP) is 1.69. The third kappa shape index (κ3) is 5.18. The summed E-state index contributed by atoms with van der Waals surface area (Å²) in [4.78, 5) is 0. The zero-order chi connectivity index (χ0) is 7.82. The molecule has 0 heterocycles. The highest BCUT2D eigenvalue weighted by Crippen LogP contribution is 1.95. The molecule has 0 saturated heterocycles. The van der Waals surface area contributed by atoms with E-state index in [4.69, 9.17) is 5.41 Å². The molecule has 10 heavy (non-hydrogen) atoms. The largest absolute Gasteiger partial charge is 0.378 e. The molecule has 0 saturated carbocycles. The molecule has 0 atom stereocenters. The van der Waals surface area contributed by atoms with Crippen molar-refractivity contribution < 1.29 is 9.13 Å². The smallest absolute Gasteiger partial charge is 0.126 e. The van der Waals surface area contributed by atoms with Crippen molar-refractivity contribution >= 4 is 6.21 Å². The van der Waals surface area contributed by atoms with Crippen molar-refractivity contribution in [2.24, 2.45) is 0 Å². The fourth-order valence-corrected chi connectivity index (χ4v) is 0.402. The van der Waals surface area contributed by atoms with E-state index in [1.165, 1.54) is 25.3 Å². The second-order valence-electron chi connectivity index (χ2n) is 1.60. The molecule has 3 heteroatoms. The lowest BCUT2D eigenvalue weighted by molar-refractivity contribution is 0.206. The Labute approximate surface area is 59.5 Å². The molecule has 0 fully saturated rings. The molecule has 2 nitrogen and oxygen atoms in total. The van der Waals surface area contributed by atoms with Gasteiger partial charge in [-0.05, 0) is 12.2 Å². The van der Waals surface area contributed by atoms with Crippen LogP contribution in [0.25, 0.3) is 0 Å². The Morgan fingerprint density at radius 2 is 2.30 bits per heavy atom. The maximum atomic E-state index is 12.3. The first kappa shape index (κ1) is 9.04. The van der Waals surface area contributed by atoms with Gasteiger partial charge in [0.05, 0.1) is 6.61 Å². The highest BCUT2D eigenvalue weighted by atomic mass is 19.1. The first-order valence-corrected chi connectivity index (χ1v) is 2.82. The monoisotopic (exact) mass is 143 g/mol. The third-order valence-corrected chi connectivity index (χ3v) is 0.767. The molecule has 0 amide bonds. The fourth-order valence-electron chi connectivity index (χ4n) is 0.402. The summed E-state index contributed by atoms with van der Waals surface area (Å²) < 4.78 is 16.8. The predicted molar refractivity (Wildman–Crippen MR) is 39.0 cm³/mol. The Kier molecular flexibility index (Phi) is 5.57. The number of hydrogen-bond donors (Lipinski definition) is 1. The van der Waals surface area contributed by atoms with Crippen LogP contribution in [0.2, 0.25) is 0 Å². The maximum absolute atomic E-state index is 12.3. The van der Waals surface area contributed by atoms with Crippen LogP contribution >= 0.6 is 0 Å². The Morgan fingerprint density at radius 3 is 2.80 bits per heavy atom. The summed E-state index contributed by atoms with van der Waals surface area (Å²) in [6.07, 6.45) is 5.21. The van der Waals surface area contributed by atoms with Gasteiger partial charge in [-0.2, -0.15) is 0 Å². The van der Waals surface area contributed by atoms with Crippen molar-refractivity contribution in [1.82, 2.24) is 0 Å². The van der Waals surface area contributed by atoms with Crippen LogP contribution in [-0.4, -0.2) is 19.9 Å². The standard InChI is InChI=1S/C7H10FNO/c1-10-6-7(8)4-2-3-5-9/h2-5,9H,6H2,1H3/b3-2-,7-4+,9-5?. The lowest BCUT2D eigenvalue weighted by Crippen LogP contribution is -1.86. The van der Waals surface area contributed by atoms with E-state index in [1.807, 2.05) is 0 Å². The van der Waals surface area contributed by atoms with Gasteiger partial charge in [0.15, 0.2) is 0 Å². The minimum Gasteiger partial charge on any atom is -0.378 e. The van der Waals surface area contributed by atoms with Gasteiger partial charge in [-0.1, -0.05) is 6.08 Å². The second-order valence-corrected chi connectivity index (χ2v) is 1.60. The molecular formula is C7H10FNO. The highest BCUT2D eigenvalue weighted by molar-refractivity contribution is 5.68. The van der Waals surface area contributed by atoms with Crippen LogP contribution in [0, 0.1) is 5.41 Å². The average Bonchev–Trinajstić information content (AvgIpc) is 1.89. The molecule has 0 radical (unpaired) electrons. The van der Waals surface area contributed by atoms with Gasteiger partial charge in [-0.3, -0.25) is 0 Å². The van der Waals surface area contributed by atoms with Gasteiger partial charge in [0.25, 0.3) is 0 Å².